The van der Waals surface area contributed by atoms with E-state index < -0.39 is 0 Å². The van der Waals surface area contributed by atoms with Crippen molar-refractivity contribution in [3.05, 3.63) is 30.3 Å². The summed E-state index contributed by atoms with van der Waals surface area (Å²) in [7, 11) is 1.63. The Morgan fingerprint density at radius 2 is 2.09 bits per heavy atom. The lowest BCUT2D eigenvalue weighted by molar-refractivity contribution is 0.414. The molecule has 0 aliphatic rings. The fourth-order valence-electron chi connectivity index (χ4n) is 0.504. The molecule has 0 saturated heterocycles. The molecule has 11 heavy (non-hydrogen) atoms. The second-order valence-corrected chi connectivity index (χ2v) is 9.61. The van der Waals surface area contributed by atoms with E-state index in [0.29, 0.717) is 0 Å². The van der Waals surface area contributed by atoms with E-state index in [1.165, 1.54) is 0 Å². The third-order valence-electron chi connectivity index (χ3n) is 0.900. The molecule has 0 heterocycles. The molecular weight excluding hydrogens is 284 g/mol. The van der Waals surface area contributed by atoms with Crippen LogP contribution in [0.1, 0.15) is 0 Å². The van der Waals surface area contributed by atoms with Gasteiger partial charge in [-0.2, -0.15) is 0 Å². The molecule has 57 valence electrons. The Hall–Kier alpha value is 0.746. The van der Waals surface area contributed by atoms with Gasteiger partial charge < -0.3 is 4.74 Å². The van der Waals surface area contributed by atoms with Gasteiger partial charge in [-0.05, 0) is 6.07 Å². The highest BCUT2D eigenvalue weighted by atomic mass is 79.9. The highest BCUT2D eigenvalue weighted by Crippen LogP contribution is 2.04. The lowest BCUT2D eigenvalue weighted by Gasteiger charge is -1.93. The van der Waals surface area contributed by atoms with Gasteiger partial charge in [0.25, 0.3) is 0 Å². The quantitative estimate of drug-likeness (QED) is 0.723. The van der Waals surface area contributed by atoms with Crippen molar-refractivity contribution >= 4 is 41.8 Å². The van der Waals surface area contributed by atoms with Crippen molar-refractivity contribution < 1.29 is 4.74 Å². The van der Waals surface area contributed by atoms with Crippen molar-refractivity contribution in [2.24, 2.45) is 0 Å². The van der Waals surface area contributed by atoms with Crippen LogP contribution in [0.3, 0.4) is 0 Å². The lowest BCUT2D eigenvalue weighted by atomic mass is 10.3. The van der Waals surface area contributed by atoms with Gasteiger partial charge in [-0.1, -0.05) is 18.2 Å². The maximum atomic E-state index is 4.86. The van der Waals surface area contributed by atoms with Crippen LogP contribution >= 0.6 is 25.8 Å². The zero-order valence-electron chi connectivity index (χ0n) is 6.18. The number of halogens is 2. The maximum Gasteiger partial charge on any atom is 0.560 e. The van der Waals surface area contributed by atoms with Crippen LogP contribution in [0.2, 0.25) is 0 Å². The number of rotatable bonds is 1. The summed E-state index contributed by atoms with van der Waals surface area (Å²) < 4.78 is 4.86. The van der Waals surface area contributed by atoms with Crippen molar-refractivity contribution in [1.82, 2.24) is 0 Å². The van der Waals surface area contributed by atoms with Crippen LogP contribution in [-0.4, -0.2) is 23.1 Å². The molecular formula is C7H7Br2MgO. The SMILES string of the molecule is COc1[c]cccc1.[Br][Mg][Br]. The molecule has 4 heteroatoms. The number of methoxy groups -OCH3 is 1. The van der Waals surface area contributed by atoms with Gasteiger partial charge in [0.2, 0.25) is 0 Å². The molecule has 0 unspecified atom stereocenters. The Bertz CT molecular complexity index is 169. The Morgan fingerprint density at radius 3 is 2.36 bits per heavy atom. The van der Waals surface area contributed by atoms with Crippen molar-refractivity contribution in [3.8, 4) is 5.75 Å². The summed E-state index contributed by atoms with van der Waals surface area (Å²) >= 11 is 6.44. The molecule has 0 bridgehead atoms. The average Bonchev–Trinajstić information content (AvgIpc) is 2.08. The standard InChI is InChI=1S/C7H7O.2BrH.Mg/c1-8-7-5-3-2-4-6-7;;;/h2-5H,1H3;2*1H;/q;;;+2/p-2. The topological polar surface area (TPSA) is 9.23 Å². The summed E-state index contributed by atoms with van der Waals surface area (Å²) in [4.78, 5) is 0. The zero-order chi connectivity index (χ0) is 8.53. The highest BCUT2D eigenvalue weighted by Gasteiger charge is 1.81. The molecule has 1 nitrogen and oxygen atoms in total. The minimum atomic E-state index is 0.0417. The molecule has 0 aliphatic carbocycles. The van der Waals surface area contributed by atoms with Crippen LogP contribution in [0.25, 0.3) is 0 Å². The predicted octanol–water partition coefficient (Wildman–Crippen LogP) is 2.81. The second kappa shape index (κ2) is 8.84. The monoisotopic (exact) mass is 289 g/mol. The molecule has 1 rings (SSSR count). The predicted molar refractivity (Wildman–Crippen MR) is 55.4 cm³/mol. The first-order valence-electron chi connectivity index (χ1n) is 2.97. The van der Waals surface area contributed by atoms with Crippen molar-refractivity contribution in [3.63, 3.8) is 0 Å². The second-order valence-electron chi connectivity index (χ2n) is 1.53. The molecule has 0 atom stereocenters. The van der Waals surface area contributed by atoms with Gasteiger partial charge in [0.15, 0.2) is 0 Å². The van der Waals surface area contributed by atoms with E-state index >= 15 is 0 Å². The van der Waals surface area contributed by atoms with Gasteiger partial charge in [-0.25, -0.2) is 0 Å². The Labute approximate surface area is 89.0 Å². The van der Waals surface area contributed by atoms with E-state index in [1.54, 1.807) is 7.11 Å². The number of hydrogen-bond donors (Lipinski definition) is 0. The smallest absolute Gasteiger partial charge is 0.496 e. The Balaban J connectivity index is 0.000000292. The number of para-hydroxylation sites is 1. The summed E-state index contributed by atoms with van der Waals surface area (Å²) in [6.07, 6.45) is 0. The summed E-state index contributed by atoms with van der Waals surface area (Å²) in [5.41, 5.74) is 0. The Kier molecular flexibility index (Phi) is 9.44. The molecule has 0 N–H and O–H groups in total. The molecule has 1 aromatic carbocycles. The van der Waals surface area contributed by atoms with Crippen LogP contribution < -0.4 is 4.74 Å². The Morgan fingerprint density at radius 1 is 1.45 bits per heavy atom. The zero-order valence-corrected chi connectivity index (χ0v) is 10.8. The first kappa shape index (κ1) is 11.7. The highest BCUT2D eigenvalue weighted by molar-refractivity contribution is 9.47. The average molecular weight is 291 g/mol. The normalized spacial score (nSPS) is 7.18. The minimum absolute atomic E-state index is 0.0417. The number of ether oxygens (including phenoxy) is 1. The molecule has 1 radical (unpaired) electrons. The largest absolute Gasteiger partial charge is 0.560 e. The van der Waals surface area contributed by atoms with Gasteiger partial charge in [0.1, 0.15) is 5.75 Å². The summed E-state index contributed by atoms with van der Waals surface area (Å²) in [6.45, 7) is 0. The fourth-order valence-corrected chi connectivity index (χ4v) is 0.504. The summed E-state index contributed by atoms with van der Waals surface area (Å²) in [6, 6.07) is 10.4. The fraction of sp³-hybridized carbons (Fsp3) is 0.143. The van der Waals surface area contributed by atoms with Crippen molar-refractivity contribution in [2.75, 3.05) is 7.11 Å². The van der Waals surface area contributed by atoms with Crippen LogP contribution in [0.15, 0.2) is 24.3 Å². The van der Waals surface area contributed by atoms with E-state index in [0.717, 1.165) is 5.75 Å². The molecule has 0 spiro atoms. The maximum absolute atomic E-state index is 4.86. The van der Waals surface area contributed by atoms with Crippen LogP contribution in [0.4, 0.5) is 0 Å². The third-order valence-corrected chi connectivity index (χ3v) is 0.900. The van der Waals surface area contributed by atoms with Crippen molar-refractivity contribution in [2.45, 2.75) is 0 Å². The van der Waals surface area contributed by atoms with Crippen LogP contribution in [0.5, 0.6) is 5.75 Å². The molecule has 1 aromatic rings. The lowest BCUT2D eigenvalue weighted by Crippen LogP contribution is -1.79. The van der Waals surface area contributed by atoms with E-state index in [-0.39, 0.29) is 16.0 Å². The number of hydrogen-bond acceptors (Lipinski definition) is 1. The van der Waals surface area contributed by atoms with Crippen molar-refractivity contribution in [1.29, 1.82) is 0 Å². The summed E-state index contributed by atoms with van der Waals surface area (Å²) in [5.74, 6) is 0.785. The van der Waals surface area contributed by atoms with E-state index in [9.17, 15) is 0 Å². The van der Waals surface area contributed by atoms with Gasteiger partial charge in [0.05, 0.1) is 7.11 Å². The van der Waals surface area contributed by atoms with Gasteiger partial charge in [0, 0.05) is 6.07 Å². The van der Waals surface area contributed by atoms with E-state index in [1.807, 2.05) is 24.3 Å². The molecule has 0 fully saturated rings. The summed E-state index contributed by atoms with van der Waals surface area (Å²) in [5, 5.41) is 0. The minimum Gasteiger partial charge on any atom is -0.496 e. The van der Waals surface area contributed by atoms with Crippen LogP contribution in [0, 0.1) is 6.07 Å². The van der Waals surface area contributed by atoms with Gasteiger partial charge in [-0.15, -0.1) is 0 Å². The first-order valence-corrected chi connectivity index (χ1v) is 10.8. The molecule has 0 saturated carbocycles. The van der Waals surface area contributed by atoms with Gasteiger partial charge >= 0.3 is 16.0 Å². The van der Waals surface area contributed by atoms with Gasteiger partial charge in [-0.3, -0.25) is 25.8 Å². The molecule has 0 aliphatic heterocycles. The van der Waals surface area contributed by atoms with E-state index in [4.69, 9.17) is 4.74 Å². The molecule has 0 amide bonds. The first-order chi connectivity index (χ1) is 5.35. The van der Waals surface area contributed by atoms with Crippen LogP contribution in [-0.2, 0) is 0 Å². The molecule has 0 aromatic heterocycles. The van der Waals surface area contributed by atoms with E-state index in [2.05, 4.69) is 31.8 Å². The number of benzene rings is 1. The third kappa shape index (κ3) is 7.12.